The van der Waals surface area contributed by atoms with Crippen LogP contribution in [0.2, 0.25) is 0 Å². The number of hydrogen-bond acceptors (Lipinski definition) is 5. The van der Waals surface area contributed by atoms with Gasteiger partial charge in [-0.05, 0) is 34.5 Å². The number of fused-ring (bicyclic) bond motifs is 1. The highest BCUT2D eigenvalue weighted by Crippen LogP contribution is 2.36. The molecule has 1 aliphatic rings. The Hall–Kier alpha value is -1.82. The van der Waals surface area contributed by atoms with Crippen LogP contribution in [0.1, 0.15) is 19.2 Å². The maximum atomic E-state index is 5.75. The Morgan fingerprint density at radius 3 is 2.90 bits per heavy atom. The summed E-state index contributed by atoms with van der Waals surface area (Å²) in [6.07, 6.45) is 1.80. The van der Waals surface area contributed by atoms with Gasteiger partial charge in [0.1, 0.15) is 16.2 Å². The lowest BCUT2D eigenvalue weighted by Crippen LogP contribution is -1.97. The molecule has 0 saturated carbocycles. The van der Waals surface area contributed by atoms with E-state index in [-0.39, 0.29) is 6.79 Å². The van der Waals surface area contributed by atoms with Crippen molar-refractivity contribution in [2.45, 2.75) is 19.8 Å². The van der Waals surface area contributed by atoms with Crippen LogP contribution in [-0.4, -0.2) is 16.8 Å². The van der Waals surface area contributed by atoms with E-state index in [1.54, 1.807) is 12.1 Å². The zero-order valence-electron chi connectivity index (χ0n) is 10.9. The second kappa shape index (κ2) is 5.66. The van der Waals surface area contributed by atoms with Crippen molar-refractivity contribution in [1.29, 1.82) is 0 Å². The van der Waals surface area contributed by atoms with Gasteiger partial charge in [0, 0.05) is 18.6 Å². The summed E-state index contributed by atoms with van der Waals surface area (Å²) in [5.74, 6) is 3.34. The molecule has 0 fully saturated rings. The van der Waals surface area contributed by atoms with Crippen molar-refractivity contribution in [3.63, 3.8) is 0 Å². The van der Waals surface area contributed by atoms with Gasteiger partial charge >= 0.3 is 0 Å². The van der Waals surface area contributed by atoms with Crippen LogP contribution in [0.4, 0.5) is 0 Å². The number of nitrogens with zero attached hydrogens (tertiary/aromatic N) is 2. The fourth-order valence-corrected chi connectivity index (χ4v) is 2.29. The van der Waals surface area contributed by atoms with Crippen LogP contribution in [-0.2, 0) is 6.42 Å². The molecule has 0 aliphatic carbocycles. The fourth-order valence-electron chi connectivity index (χ4n) is 1.89. The molecule has 1 aromatic heterocycles. The van der Waals surface area contributed by atoms with E-state index < -0.39 is 0 Å². The van der Waals surface area contributed by atoms with Crippen molar-refractivity contribution in [2.75, 3.05) is 6.79 Å². The Morgan fingerprint density at radius 1 is 1.20 bits per heavy atom. The molecule has 0 N–H and O–H groups in total. The predicted molar refractivity (Wildman–Crippen MR) is 76.4 cm³/mol. The molecule has 1 aliphatic heterocycles. The Balaban J connectivity index is 1.83. The number of aromatic nitrogens is 2. The van der Waals surface area contributed by atoms with E-state index in [1.165, 1.54) is 0 Å². The molecule has 0 radical (unpaired) electrons. The number of benzene rings is 1. The average Bonchev–Trinajstić information content (AvgIpc) is 2.85. The van der Waals surface area contributed by atoms with E-state index >= 15 is 0 Å². The Bertz CT molecular complexity index is 634. The zero-order valence-corrected chi connectivity index (χ0v) is 12.5. The number of rotatable bonds is 4. The summed E-state index contributed by atoms with van der Waals surface area (Å²) in [4.78, 5) is 8.68. The molecule has 0 spiro atoms. The third-order valence-corrected chi connectivity index (χ3v) is 3.16. The van der Waals surface area contributed by atoms with Crippen LogP contribution < -0.4 is 14.2 Å². The normalized spacial score (nSPS) is 12.5. The van der Waals surface area contributed by atoms with E-state index in [9.17, 15) is 0 Å². The Kier molecular flexibility index (Phi) is 3.73. The first-order valence-corrected chi connectivity index (χ1v) is 7.15. The number of aryl methyl sites for hydroxylation is 1. The highest BCUT2D eigenvalue weighted by atomic mass is 79.9. The predicted octanol–water partition coefficient (Wildman–Crippen LogP) is 3.71. The van der Waals surface area contributed by atoms with Crippen molar-refractivity contribution < 1.29 is 14.2 Å². The maximum Gasteiger partial charge on any atom is 0.231 e. The van der Waals surface area contributed by atoms with Gasteiger partial charge in [-0.25, -0.2) is 4.98 Å². The topological polar surface area (TPSA) is 53.5 Å². The van der Waals surface area contributed by atoms with Gasteiger partial charge in [-0.3, -0.25) is 0 Å². The second-order valence-electron chi connectivity index (χ2n) is 4.31. The lowest BCUT2D eigenvalue weighted by atomic mass is 10.3. The zero-order chi connectivity index (χ0) is 13.9. The van der Waals surface area contributed by atoms with Gasteiger partial charge in [-0.1, -0.05) is 6.92 Å². The van der Waals surface area contributed by atoms with E-state index in [2.05, 4.69) is 32.8 Å². The van der Waals surface area contributed by atoms with Gasteiger partial charge in [0.05, 0.1) is 0 Å². The first kappa shape index (κ1) is 13.2. The Morgan fingerprint density at radius 2 is 2.05 bits per heavy atom. The third-order valence-electron chi connectivity index (χ3n) is 2.76. The summed E-state index contributed by atoms with van der Waals surface area (Å²) in [5, 5.41) is 0. The molecule has 2 heterocycles. The number of halogens is 1. The monoisotopic (exact) mass is 336 g/mol. The summed E-state index contributed by atoms with van der Waals surface area (Å²) < 4.78 is 17.1. The van der Waals surface area contributed by atoms with Crippen LogP contribution in [0.15, 0.2) is 28.9 Å². The minimum atomic E-state index is 0.249. The molecule has 1 aromatic carbocycles. The number of ether oxygens (including phenoxy) is 3. The van der Waals surface area contributed by atoms with E-state index in [0.29, 0.717) is 22.0 Å². The molecular weight excluding hydrogens is 324 g/mol. The number of hydrogen-bond donors (Lipinski definition) is 0. The highest BCUT2D eigenvalue weighted by molar-refractivity contribution is 9.10. The lowest BCUT2D eigenvalue weighted by molar-refractivity contribution is 0.174. The standard InChI is InChI=1S/C14H13BrN2O3/c1-2-3-13-16-12(15)7-14(17-13)20-9-4-5-10-11(6-9)19-8-18-10/h4-7H,2-3,8H2,1H3. The summed E-state index contributed by atoms with van der Waals surface area (Å²) in [6.45, 7) is 2.33. The summed E-state index contributed by atoms with van der Waals surface area (Å²) in [7, 11) is 0. The molecule has 0 bridgehead atoms. The summed E-state index contributed by atoms with van der Waals surface area (Å²) in [6, 6.07) is 7.17. The van der Waals surface area contributed by atoms with Crippen molar-refractivity contribution in [3.05, 3.63) is 34.7 Å². The lowest BCUT2D eigenvalue weighted by Gasteiger charge is -2.07. The Labute approximate surface area is 125 Å². The molecule has 2 aromatic rings. The minimum absolute atomic E-state index is 0.249. The molecule has 3 rings (SSSR count). The molecular formula is C14H13BrN2O3. The van der Waals surface area contributed by atoms with E-state index in [1.807, 2.05) is 12.1 Å². The summed E-state index contributed by atoms with van der Waals surface area (Å²) in [5.41, 5.74) is 0. The first-order chi connectivity index (χ1) is 9.74. The first-order valence-electron chi connectivity index (χ1n) is 6.35. The van der Waals surface area contributed by atoms with Crippen molar-refractivity contribution in [2.24, 2.45) is 0 Å². The van der Waals surface area contributed by atoms with Crippen LogP contribution >= 0.6 is 15.9 Å². The fraction of sp³-hybridized carbons (Fsp3) is 0.286. The average molecular weight is 337 g/mol. The van der Waals surface area contributed by atoms with Crippen molar-refractivity contribution >= 4 is 15.9 Å². The van der Waals surface area contributed by atoms with Gasteiger partial charge in [-0.15, -0.1) is 0 Å². The van der Waals surface area contributed by atoms with Crippen LogP contribution in [0.25, 0.3) is 0 Å². The molecule has 5 nitrogen and oxygen atoms in total. The van der Waals surface area contributed by atoms with Crippen LogP contribution in [0.5, 0.6) is 23.1 Å². The molecule has 20 heavy (non-hydrogen) atoms. The van der Waals surface area contributed by atoms with Gasteiger partial charge in [-0.2, -0.15) is 4.98 Å². The molecule has 104 valence electrons. The van der Waals surface area contributed by atoms with Crippen molar-refractivity contribution in [1.82, 2.24) is 9.97 Å². The van der Waals surface area contributed by atoms with Gasteiger partial charge < -0.3 is 14.2 Å². The van der Waals surface area contributed by atoms with Crippen LogP contribution in [0, 0.1) is 0 Å². The van der Waals surface area contributed by atoms with Gasteiger partial charge in [0.15, 0.2) is 11.5 Å². The smallest absolute Gasteiger partial charge is 0.231 e. The minimum Gasteiger partial charge on any atom is -0.454 e. The van der Waals surface area contributed by atoms with E-state index in [4.69, 9.17) is 14.2 Å². The largest absolute Gasteiger partial charge is 0.454 e. The molecule has 0 unspecified atom stereocenters. The highest BCUT2D eigenvalue weighted by Gasteiger charge is 2.14. The maximum absolute atomic E-state index is 5.75. The quantitative estimate of drug-likeness (QED) is 0.796. The molecule has 0 saturated heterocycles. The molecule has 0 amide bonds. The SMILES string of the molecule is CCCc1nc(Br)cc(Oc2ccc3c(c2)OCO3)n1. The van der Waals surface area contributed by atoms with Gasteiger partial charge in [0.2, 0.25) is 12.7 Å². The van der Waals surface area contributed by atoms with Crippen LogP contribution in [0.3, 0.4) is 0 Å². The van der Waals surface area contributed by atoms with Gasteiger partial charge in [0.25, 0.3) is 0 Å². The van der Waals surface area contributed by atoms with Crippen molar-refractivity contribution in [3.8, 4) is 23.1 Å². The third kappa shape index (κ3) is 2.85. The second-order valence-corrected chi connectivity index (χ2v) is 5.12. The van der Waals surface area contributed by atoms with E-state index in [0.717, 1.165) is 24.4 Å². The molecule has 0 atom stereocenters. The summed E-state index contributed by atoms with van der Waals surface area (Å²) >= 11 is 3.37. The molecule has 6 heteroatoms.